The largest absolute Gasteiger partial charge is 0.480 e. The quantitative estimate of drug-likeness (QED) is 0.664. The molecule has 2 aromatic rings. The van der Waals surface area contributed by atoms with Crippen molar-refractivity contribution in [2.24, 2.45) is 0 Å². The van der Waals surface area contributed by atoms with Gasteiger partial charge in [0.2, 0.25) is 0 Å². The number of hydrogen-bond acceptors (Lipinski definition) is 4. The smallest absolute Gasteiger partial charge is 0.325 e. The zero-order valence-electron chi connectivity index (χ0n) is 8.33. The molecule has 2 rings (SSSR count). The molecule has 1 N–H and O–H groups in total. The van der Waals surface area contributed by atoms with Crippen molar-refractivity contribution in [3.8, 4) is 0 Å². The number of non-ortho nitro benzene ring substituents is 1. The number of benzene rings is 1. The van der Waals surface area contributed by atoms with Gasteiger partial charge in [-0.3, -0.25) is 19.6 Å². The van der Waals surface area contributed by atoms with E-state index in [-0.39, 0.29) is 17.4 Å². The number of fused-ring (bicyclic) bond motifs is 1. The summed E-state index contributed by atoms with van der Waals surface area (Å²) >= 11 is 5.79. The highest BCUT2D eigenvalue weighted by Crippen LogP contribution is 2.26. The summed E-state index contributed by atoms with van der Waals surface area (Å²) in [6.07, 6.45) is 0. The summed E-state index contributed by atoms with van der Waals surface area (Å²) in [7, 11) is 0. The number of halogens is 1. The lowest BCUT2D eigenvalue weighted by Gasteiger charge is -1.98. The SMILES string of the molecule is O=C(O)Cn1nc(Cl)c2cc([N+](=O)[O-])ccc21. The van der Waals surface area contributed by atoms with Gasteiger partial charge in [0.25, 0.3) is 5.69 Å². The predicted molar refractivity (Wildman–Crippen MR) is 59.0 cm³/mol. The summed E-state index contributed by atoms with van der Waals surface area (Å²) in [5, 5.41) is 23.5. The Kier molecular flexibility index (Phi) is 2.68. The predicted octanol–water partition coefficient (Wildman–Crippen LogP) is 1.68. The van der Waals surface area contributed by atoms with E-state index >= 15 is 0 Å². The third-order valence-electron chi connectivity index (χ3n) is 2.18. The number of carbonyl (C=O) groups is 1. The van der Waals surface area contributed by atoms with Crippen molar-refractivity contribution in [2.75, 3.05) is 0 Å². The lowest BCUT2D eigenvalue weighted by molar-refractivity contribution is -0.384. The second-order valence-electron chi connectivity index (χ2n) is 3.30. The Morgan fingerprint density at radius 2 is 2.29 bits per heavy atom. The summed E-state index contributed by atoms with van der Waals surface area (Å²) in [6, 6.07) is 3.97. The van der Waals surface area contributed by atoms with E-state index in [9.17, 15) is 14.9 Å². The molecule has 1 aromatic heterocycles. The monoisotopic (exact) mass is 255 g/mol. The summed E-state index contributed by atoms with van der Waals surface area (Å²) in [5.74, 6) is -1.07. The highest BCUT2D eigenvalue weighted by molar-refractivity contribution is 6.34. The Balaban J connectivity index is 2.60. The Morgan fingerprint density at radius 1 is 1.59 bits per heavy atom. The molecule has 7 nitrogen and oxygen atoms in total. The third kappa shape index (κ3) is 2.04. The first-order valence-corrected chi connectivity index (χ1v) is 4.89. The van der Waals surface area contributed by atoms with Crippen molar-refractivity contribution in [1.29, 1.82) is 0 Å². The van der Waals surface area contributed by atoms with Gasteiger partial charge in [0.05, 0.1) is 10.4 Å². The molecule has 0 spiro atoms. The maximum atomic E-state index is 10.6. The number of carboxylic acids is 1. The minimum atomic E-state index is -1.07. The number of nitrogens with zero attached hydrogens (tertiary/aromatic N) is 3. The molecule has 88 valence electrons. The van der Waals surface area contributed by atoms with E-state index in [2.05, 4.69) is 5.10 Å². The molecule has 0 aliphatic heterocycles. The number of carboxylic acid groups (broad SMARTS) is 1. The van der Waals surface area contributed by atoms with Crippen LogP contribution in [0.25, 0.3) is 10.9 Å². The van der Waals surface area contributed by atoms with Gasteiger partial charge in [0.1, 0.15) is 6.54 Å². The average molecular weight is 256 g/mol. The summed E-state index contributed by atoms with van der Waals surface area (Å²) < 4.78 is 1.18. The first kappa shape index (κ1) is 11.3. The molecular weight excluding hydrogens is 250 g/mol. The molecule has 0 radical (unpaired) electrons. The summed E-state index contributed by atoms with van der Waals surface area (Å²) in [5.41, 5.74) is 0.331. The molecule has 0 unspecified atom stereocenters. The highest BCUT2D eigenvalue weighted by Gasteiger charge is 2.14. The van der Waals surface area contributed by atoms with Crippen LogP contribution in [0.1, 0.15) is 0 Å². The lowest BCUT2D eigenvalue weighted by atomic mass is 10.2. The van der Waals surface area contributed by atoms with Crippen molar-refractivity contribution in [3.05, 3.63) is 33.5 Å². The van der Waals surface area contributed by atoms with Crippen LogP contribution in [0.2, 0.25) is 5.15 Å². The molecule has 0 atom stereocenters. The molecule has 0 aliphatic rings. The summed E-state index contributed by atoms with van der Waals surface area (Å²) in [6.45, 7) is -0.346. The van der Waals surface area contributed by atoms with E-state index in [1.165, 1.54) is 22.9 Å². The van der Waals surface area contributed by atoms with Crippen LogP contribution in [0, 0.1) is 10.1 Å². The van der Waals surface area contributed by atoms with Crippen LogP contribution < -0.4 is 0 Å². The van der Waals surface area contributed by atoms with Crippen LogP contribution in [-0.2, 0) is 11.3 Å². The fourth-order valence-corrected chi connectivity index (χ4v) is 1.73. The standard InChI is InChI=1S/C9H6ClN3O4/c10-9-6-3-5(13(16)17)1-2-7(6)12(11-9)4-8(14)15/h1-3H,4H2,(H,14,15). The molecule has 1 heterocycles. The van der Waals surface area contributed by atoms with Crippen molar-refractivity contribution < 1.29 is 14.8 Å². The van der Waals surface area contributed by atoms with Crippen LogP contribution in [0.3, 0.4) is 0 Å². The normalized spacial score (nSPS) is 10.6. The van der Waals surface area contributed by atoms with Gasteiger partial charge in [-0.05, 0) is 6.07 Å². The molecule has 0 fully saturated rings. The van der Waals surface area contributed by atoms with Crippen LogP contribution in [-0.4, -0.2) is 25.8 Å². The van der Waals surface area contributed by atoms with E-state index in [1.807, 2.05) is 0 Å². The third-order valence-corrected chi connectivity index (χ3v) is 2.46. The number of nitro groups is 1. The fraction of sp³-hybridized carbons (Fsp3) is 0.111. The second-order valence-corrected chi connectivity index (χ2v) is 3.66. The second kappa shape index (κ2) is 4.02. The summed E-state index contributed by atoms with van der Waals surface area (Å²) in [4.78, 5) is 20.6. The van der Waals surface area contributed by atoms with Crippen molar-refractivity contribution in [3.63, 3.8) is 0 Å². The van der Waals surface area contributed by atoms with E-state index in [4.69, 9.17) is 16.7 Å². The van der Waals surface area contributed by atoms with Crippen LogP contribution in [0.4, 0.5) is 5.69 Å². The van der Waals surface area contributed by atoms with E-state index in [1.54, 1.807) is 0 Å². The topological polar surface area (TPSA) is 98.3 Å². The van der Waals surface area contributed by atoms with Gasteiger partial charge in [-0.25, -0.2) is 0 Å². The van der Waals surface area contributed by atoms with Gasteiger partial charge >= 0.3 is 5.97 Å². The fourth-order valence-electron chi connectivity index (χ4n) is 1.49. The minimum Gasteiger partial charge on any atom is -0.480 e. The first-order chi connectivity index (χ1) is 7.99. The first-order valence-electron chi connectivity index (χ1n) is 4.51. The Bertz CT molecular complexity index is 622. The molecule has 0 aliphatic carbocycles. The number of aliphatic carboxylic acids is 1. The Labute approximate surface area is 99.4 Å². The molecule has 0 saturated carbocycles. The number of aromatic nitrogens is 2. The minimum absolute atomic E-state index is 0.0463. The Hall–Kier alpha value is -2.15. The molecule has 0 amide bonds. The molecule has 17 heavy (non-hydrogen) atoms. The lowest BCUT2D eigenvalue weighted by Crippen LogP contribution is -2.09. The average Bonchev–Trinajstić information content (AvgIpc) is 2.54. The van der Waals surface area contributed by atoms with E-state index in [0.29, 0.717) is 10.9 Å². The van der Waals surface area contributed by atoms with Crippen LogP contribution in [0.5, 0.6) is 0 Å². The van der Waals surface area contributed by atoms with Gasteiger partial charge in [-0.1, -0.05) is 11.6 Å². The number of nitro benzene ring substituents is 1. The molecule has 1 aromatic carbocycles. The van der Waals surface area contributed by atoms with Crippen molar-refractivity contribution >= 4 is 34.2 Å². The van der Waals surface area contributed by atoms with Crippen molar-refractivity contribution in [1.82, 2.24) is 9.78 Å². The van der Waals surface area contributed by atoms with E-state index < -0.39 is 10.9 Å². The van der Waals surface area contributed by atoms with Crippen molar-refractivity contribution in [2.45, 2.75) is 6.54 Å². The maximum Gasteiger partial charge on any atom is 0.325 e. The molecule has 0 bridgehead atoms. The zero-order chi connectivity index (χ0) is 12.6. The van der Waals surface area contributed by atoms with Gasteiger partial charge in [-0.15, -0.1) is 0 Å². The van der Waals surface area contributed by atoms with Gasteiger partial charge in [-0.2, -0.15) is 5.10 Å². The number of rotatable bonds is 3. The molecule has 8 heteroatoms. The van der Waals surface area contributed by atoms with E-state index in [0.717, 1.165) is 0 Å². The van der Waals surface area contributed by atoms with Gasteiger partial charge < -0.3 is 5.11 Å². The van der Waals surface area contributed by atoms with Crippen LogP contribution in [0.15, 0.2) is 18.2 Å². The number of hydrogen-bond donors (Lipinski definition) is 1. The molecular formula is C9H6ClN3O4. The molecule has 0 saturated heterocycles. The van der Waals surface area contributed by atoms with Crippen LogP contribution >= 0.6 is 11.6 Å². The Morgan fingerprint density at radius 3 is 2.88 bits per heavy atom. The van der Waals surface area contributed by atoms with Gasteiger partial charge in [0.15, 0.2) is 5.15 Å². The van der Waals surface area contributed by atoms with Gasteiger partial charge in [0, 0.05) is 17.5 Å². The highest BCUT2D eigenvalue weighted by atomic mass is 35.5. The maximum absolute atomic E-state index is 10.6. The zero-order valence-corrected chi connectivity index (χ0v) is 9.09.